The quantitative estimate of drug-likeness (QED) is 0.816. The van der Waals surface area contributed by atoms with Gasteiger partial charge in [0.05, 0.1) is 0 Å². The Morgan fingerprint density at radius 3 is 2.14 bits per heavy atom. The van der Waals surface area contributed by atoms with E-state index in [9.17, 15) is 22.8 Å². The second kappa shape index (κ2) is 4.61. The normalized spacial score (nSPS) is 41.0. The maximum Gasteiger partial charge on any atom is 0.471 e. The average molecular weight is 304 g/mol. The minimum atomic E-state index is -4.83. The van der Waals surface area contributed by atoms with Gasteiger partial charge in [-0.2, -0.15) is 13.2 Å². The van der Waals surface area contributed by atoms with Crippen LogP contribution >= 0.6 is 0 Å². The second-order valence-electron chi connectivity index (χ2n) is 6.93. The van der Waals surface area contributed by atoms with E-state index in [1.54, 1.807) is 0 Å². The molecule has 2 atom stereocenters. The van der Waals surface area contributed by atoms with Gasteiger partial charge in [0.1, 0.15) is 0 Å². The fraction of sp³-hybridized carbons (Fsp3) is 0.857. The van der Waals surface area contributed by atoms with Crippen molar-refractivity contribution >= 4 is 11.8 Å². The third-order valence-electron chi connectivity index (χ3n) is 5.27. The largest absolute Gasteiger partial charge is 0.471 e. The van der Waals surface area contributed by atoms with Gasteiger partial charge in [0.15, 0.2) is 0 Å². The summed E-state index contributed by atoms with van der Waals surface area (Å²) < 4.78 is 37.3. The van der Waals surface area contributed by atoms with Crippen molar-refractivity contribution in [2.75, 3.05) is 0 Å². The zero-order chi connectivity index (χ0) is 15.4. The van der Waals surface area contributed by atoms with Crippen LogP contribution in [0.25, 0.3) is 0 Å². The topological polar surface area (TPSA) is 58.2 Å². The summed E-state index contributed by atoms with van der Waals surface area (Å²) in [5, 5.41) is 5.21. The molecule has 4 fully saturated rings. The van der Waals surface area contributed by atoms with Gasteiger partial charge in [-0.25, -0.2) is 0 Å². The van der Waals surface area contributed by atoms with Crippen molar-refractivity contribution in [2.24, 2.45) is 17.8 Å². The molecule has 2 unspecified atom stereocenters. The molecule has 21 heavy (non-hydrogen) atoms. The van der Waals surface area contributed by atoms with Crippen molar-refractivity contribution in [3.63, 3.8) is 0 Å². The standard InChI is InChI=1S/C14H19F3N2O2/c1-7(20)19-13-4-8-2-9(5-13)11(10(3-8)6-13)18-12(21)14(15,16)17/h8-11H,2-6H2,1H3,(H,18,21)(H,19,20). The zero-order valence-corrected chi connectivity index (χ0v) is 11.8. The van der Waals surface area contributed by atoms with Gasteiger partial charge in [0, 0.05) is 18.5 Å². The van der Waals surface area contributed by atoms with Gasteiger partial charge in [0.25, 0.3) is 0 Å². The summed E-state index contributed by atoms with van der Waals surface area (Å²) in [6, 6.07) is -0.405. The summed E-state index contributed by atoms with van der Waals surface area (Å²) in [6.45, 7) is 1.47. The van der Waals surface area contributed by atoms with Gasteiger partial charge >= 0.3 is 12.1 Å². The fourth-order valence-electron chi connectivity index (χ4n) is 5.02. The lowest BCUT2D eigenvalue weighted by molar-refractivity contribution is -0.177. The van der Waals surface area contributed by atoms with Gasteiger partial charge < -0.3 is 10.6 Å². The van der Waals surface area contributed by atoms with Gasteiger partial charge in [-0.1, -0.05) is 0 Å². The van der Waals surface area contributed by atoms with Crippen LogP contribution in [-0.4, -0.2) is 29.6 Å². The van der Waals surface area contributed by atoms with Gasteiger partial charge in [-0.3, -0.25) is 9.59 Å². The molecule has 4 saturated carbocycles. The molecule has 2 N–H and O–H groups in total. The number of halogens is 3. The Labute approximate surface area is 120 Å². The van der Waals surface area contributed by atoms with Gasteiger partial charge in [0.2, 0.25) is 5.91 Å². The van der Waals surface area contributed by atoms with Crippen LogP contribution in [0.5, 0.6) is 0 Å². The third kappa shape index (κ3) is 2.62. The second-order valence-corrected chi connectivity index (χ2v) is 6.93. The van der Waals surface area contributed by atoms with E-state index < -0.39 is 18.1 Å². The number of alkyl halides is 3. The van der Waals surface area contributed by atoms with E-state index in [4.69, 9.17) is 0 Å². The maximum absolute atomic E-state index is 12.4. The Morgan fingerprint density at radius 2 is 1.67 bits per heavy atom. The van der Waals surface area contributed by atoms with Crippen LogP contribution in [0.3, 0.4) is 0 Å². The molecule has 7 heteroatoms. The molecule has 4 rings (SSSR count). The Hall–Kier alpha value is -1.27. The summed E-state index contributed by atoms with van der Waals surface area (Å²) in [5.74, 6) is -1.40. The first kappa shape index (κ1) is 14.7. The minimum absolute atomic E-state index is 0.0365. The summed E-state index contributed by atoms with van der Waals surface area (Å²) in [4.78, 5) is 22.6. The predicted octanol–water partition coefficient (Wildman–Crippen LogP) is 1.75. The summed E-state index contributed by atoms with van der Waals surface area (Å²) in [7, 11) is 0. The molecule has 0 aromatic carbocycles. The lowest BCUT2D eigenvalue weighted by atomic mass is 9.51. The Bertz CT molecular complexity index is 461. The van der Waals surface area contributed by atoms with Crippen LogP contribution in [0.1, 0.15) is 39.0 Å². The number of rotatable bonds is 2. The first-order valence-corrected chi connectivity index (χ1v) is 7.35. The number of carbonyl (C=O) groups excluding carboxylic acids is 2. The number of carbonyl (C=O) groups is 2. The number of hydrogen-bond donors (Lipinski definition) is 2. The summed E-state index contributed by atoms with van der Waals surface area (Å²) in [6.07, 6.45) is -0.879. The van der Waals surface area contributed by atoms with E-state index in [0.717, 1.165) is 19.3 Å². The van der Waals surface area contributed by atoms with E-state index >= 15 is 0 Å². The third-order valence-corrected chi connectivity index (χ3v) is 5.27. The van der Waals surface area contributed by atoms with Crippen molar-refractivity contribution in [1.82, 2.24) is 10.6 Å². The summed E-state index contributed by atoms with van der Waals surface area (Å²) >= 11 is 0. The highest BCUT2D eigenvalue weighted by Crippen LogP contribution is 2.55. The molecular formula is C14H19F3N2O2. The number of amides is 2. The smallest absolute Gasteiger partial charge is 0.351 e. The van der Waals surface area contributed by atoms with Gasteiger partial charge in [-0.15, -0.1) is 0 Å². The molecule has 0 saturated heterocycles. The van der Waals surface area contributed by atoms with E-state index in [-0.39, 0.29) is 23.3 Å². The van der Waals surface area contributed by atoms with Crippen molar-refractivity contribution in [3.05, 3.63) is 0 Å². The molecule has 0 spiro atoms. The van der Waals surface area contributed by atoms with Crippen molar-refractivity contribution in [2.45, 2.75) is 56.8 Å². The Morgan fingerprint density at radius 1 is 1.10 bits per heavy atom. The molecule has 118 valence electrons. The van der Waals surface area contributed by atoms with Crippen molar-refractivity contribution in [3.8, 4) is 0 Å². The monoisotopic (exact) mass is 304 g/mol. The molecule has 0 aliphatic heterocycles. The average Bonchev–Trinajstić information content (AvgIpc) is 2.29. The molecule has 4 aliphatic rings. The predicted molar refractivity (Wildman–Crippen MR) is 68.1 cm³/mol. The Balaban J connectivity index is 1.74. The summed E-state index contributed by atoms with van der Waals surface area (Å²) in [5.41, 5.74) is -0.262. The van der Waals surface area contributed by atoms with Crippen LogP contribution in [0.2, 0.25) is 0 Å². The van der Waals surface area contributed by atoms with Crippen LogP contribution in [-0.2, 0) is 9.59 Å². The molecule has 4 aliphatic carbocycles. The molecule has 0 heterocycles. The maximum atomic E-state index is 12.4. The number of hydrogen-bond acceptors (Lipinski definition) is 2. The lowest BCUT2D eigenvalue weighted by Crippen LogP contribution is -2.67. The van der Waals surface area contributed by atoms with Crippen molar-refractivity contribution < 1.29 is 22.8 Å². The highest BCUT2D eigenvalue weighted by atomic mass is 19.4. The van der Waals surface area contributed by atoms with E-state index in [1.807, 2.05) is 0 Å². The first-order valence-electron chi connectivity index (χ1n) is 7.35. The molecular weight excluding hydrogens is 285 g/mol. The molecule has 0 radical (unpaired) electrons. The molecule has 4 nitrogen and oxygen atoms in total. The highest BCUT2D eigenvalue weighted by molar-refractivity contribution is 5.82. The van der Waals surface area contributed by atoms with Crippen LogP contribution in [0, 0.1) is 17.8 Å². The van der Waals surface area contributed by atoms with Crippen LogP contribution in [0.15, 0.2) is 0 Å². The lowest BCUT2D eigenvalue weighted by Gasteiger charge is -2.60. The number of nitrogens with one attached hydrogen (secondary N) is 2. The Kier molecular flexibility index (Phi) is 3.22. The zero-order valence-electron chi connectivity index (χ0n) is 11.8. The van der Waals surface area contributed by atoms with E-state index in [2.05, 4.69) is 10.6 Å². The first-order chi connectivity index (χ1) is 9.68. The SMILES string of the molecule is CC(=O)NC12CC3CC(C1)C(NC(=O)C(F)(F)F)C(C3)C2. The van der Waals surface area contributed by atoms with Crippen molar-refractivity contribution in [1.29, 1.82) is 0 Å². The van der Waals surface area contributed by atoms with E-state index in [1.165, 1.54) is 6.92 Å². The molecule has 2 amide bonds. The molecule has 4 bridgehead atoms. The molecule has 0 aromatic rings. The van der Waals surface area contributed by atoms with Crippen LogP contribution in [0.4, 0.5) is 13.2 Å². The van der Waals surface area contributed by atoms with Gasteiger partial charge in [-0.05, 0) is 49.9 Å². The van der Waals surface area contributed by atoms with Crippen LogP contribution < -0.4 is 10.6 Å². The van der Waals surface area contributed by atoms with E-state index in [0.29, 0.717) is 18.8 Å². The minimum Gasteiger partial charge on any atom is -0.351 e. The highest BCUT2D eigenvalue weighted by Gasteiger charge is 2.57. The molecule has 0 aromatic heterocycles. The fourth-order valence-corrected chi connectivity index (χ4v) is 5.02.